The van der Waals surface area contributed by atoms with Gasteiger partial charge in [-0.25, -0.2) is 9.18 Å². The van der Waals surface area contributed by atoms with E-state index in [0.717, 1.165) is 47.9 Å². The van der Waals surface area contributed by atoms with Crippen LogP contribution in [-0.4, -0.2) is 20.9 Å². The van der Waals surface area contributed by atoms with Crippen LogP contribution in [0.3, 0.4) is 0 Å². The molecule has 0 atom stereocenters. The second kappa shape index (κ2) is 9.60. The van der Waals surface area contributed by atoms with E-state index in [9.17, 15) is 14.0 Å². The highest BCUT2D eigenvalue weighted by atomic mass is 19.1. The molecule has 6 nitrogen and oxygen atoms in total. The van der Waals surface area contributed by atoms with E-state index in [4.69, 9.17) is 0 Å². The highest BCUT2D eigenvalue weighted by molar-refractivity contribution is 6.04. The summed E-state index contributed by atoms with van der Waals surface area (Å²) in [7, 11) is 0. The Hall–Kier alpha value is -3.74. The average Bonchev–Trinajstić information content (AvgIpc) is 3.15. The number of hydrogen-bond acceptors (Lipinski definition) is 3. The minimum absolute atomic E-state index is 0.180. The minimum atomic E-state index is -0.672. The number of hydrogen-bond donors (Lipinski definition) is 2. The lowest BCUT2D eigenvalue weighted by Crippen LogP contribution is -2.32. The molecule has 32 heavy (non-hydrogen) atoms. The Bertz CT molecular complexity index is 1410. The summed E-state index contributed by atoms with van der Waals surface area (Å²) in [5.41, 5.74) is 1.72. The van der Waals surface area contributed by atoms with Crippen LogP contribution in [0.1, 0.15) is 44.6 Å². The van der Waals surface area contributed by atoms with E-state index < -0.39 is 17.1 Å². The molecule has 4 aromatic rings. The lowest BCUT2D eigenvalue weighted by molar-refractivity contribution is 0.630. The molecule has 2 N–H and O–H groups in total. The first-order valence-electron chi connectivity index (χ1n) is 10.8. The van der Waals surface area contributed by atoms with Gasteiger partial charge in [0, 0.05) is 10.9 Å². The van der Waals surface area contributed by atoms with Crippen molar-refractivity contribution in [2.45, 2.75) is 39.0 Å². The molecule has 2 heterocycles. The molecular formula is C25H25FN4O2. The number of benzene rings is 2. The summed E-state index contributed by atoms with van der Waals surface area (Å²) < 4.78 is 14.4. The maximum absolute atomic E-state index is 13.6. The quantitative estimate of drug-likeness (QED) is 0.296. The van der Waals surface area contributed by atoms with Crippen molar-refractivity contribution in [3.8, 4) is 0 Å². The third-order valence-electron chi connectivity index (χ3n) is 5.40. The molecule has 2 aromatic heterocycles. The Morgan fingerprint density at radius 3 is 2.62 bits per heavy atom. The molecule has 2 aromatic carbocycles. The normalized spacial score (nSPS) is 12.4. The molecule has 0 spiro atoms. The fraction of sp³-hybridized carbons (Fsp3) is 0.240. The number of rotatable bonds is 8. The third kappa shape index (κ3) is 4.61. The van der Waals surface area contributed by atoms with Crippen LogP contribution in [0.2, 0.25) is 0 Å². The van der Waals surface area contributed by atoms with Crippen LogP contribution >= 0.6 is 0 Å². The van der Waals surface area contributed by atoms with E-state index in [0.29, 0.717) is 10.9 Å². The molecule has 0 aliphatic carbocycles. The van der Waals surface area contributed by atoms with Crippen molar-refractivity contribution in [3.63, 3.8) is 0 Å². The molecule has 4 rings (SSSR count). The zero-order chi connectivity index (χ0) is 22.5. The fourth-order valence-electron chi connectivity index (χ4n) is 3.74. The summed E-state index contributed by atoms with van der Waals surface area (Å²) in [5, 5.41) is 4.66. The number of H-pyrrole nitrogens is 2. The van der Waals surface area contributed by atoms with Crippen molar-refractivity contribution in [1.82, 2.24) is 14.6 Å². The van der Waals surface area contributed by atoms with Crippen LogP contribution in [0.25, 0.3) is 28.0 Å². The van der Waals surface area contributed by atoms with Crippen LogP contribution in [0.15, 0.2) is 68.8 Å². The van der Waals surface area contributed by atoms with Crippen molar-refractivity contribution in [2.24, 2.45) is 5.10 Å². The predicted molar refractivity (Wildman–Crippen MR) is 128 cm³/mol. The van der Waals surface area contributed by atoms with Crippen LogP contribution < -0.4 is 11.2 Å². The smallest absolute Gasteiger partial charge is 0.349 e. The summed E-state index contributed by atoms with van der Waals surface area (Å²) in [6, 6.07) is 14.0. The summed E-state index contributed by atoms with van der Waals surface area (Å²) in [6.07, 6.45) is 8.78. The van der Waals surface area contributed by atoms with Crippen LogP contribution in [0.4, 0.5) is 4.39 Å². The van der Waals surface area contributed by atoms with Gasteiger partial charge in [-0.15, -0.1) is 4.68 Å². The molecule has 0 unspecified atom stereocenters. The van der Waals surface area contributed by atoms with E-state index in [-0.39, 0.29) is 11.0 Å². The molecular weight excluding hydrogens is 407 g/mol. The number of allylic oxidation sites excluding steroid dienone is 1. The summed E-state index contributed by atoms with van der Waals surface area (Å²) in [5.74, 6) is -0.444. The Balaban J connectivity index is 1.72. The van der Waals surface area contributed by atoms with E-state index in [2.05, 4.69) is 22.0 Å². The average molecular weight is 432 g/mol. The van der Waals surface area contributed by atoms with Gasteiger partial charge in [-0.1, -0.05) is 62.6 Å². The van der Waals surface area contributed by atoms with Crippen LogP contribution in [0.5, 0.6) is 0 Å². The second-order valence-electron chi connectivity index (χ2n) is 7.80. The molecule has 0 aliphatic rings. The topological polar surface area (TPSA) is 83.0 Å². The van der Waals surface area contributed by atoms with Gasteiger partial charge in [0.05, 0.1) is 11.7 Å². The second-order valence-corrected chi connectivity index (χ2v) is 7.80. The molecule has 0 saturated carbocycles. The van der Waals surface area contributed by atoms with Crippen molar-refractivity contribution in [1.29, 1.82) is 0 Å². The first-order valence-corrected chi connectivity index (χ1v) is 10.8. The minimum Gasteiger partial charge on any atom is -0.349 e. The Kier molecular flexibility index (Phi) is 6.44. The monoisotopic (exact) mass is 432 g/mol. The van der Waals surface area contributed by atoms with Crippen molar-refractivity contribution in [3.05, 3.63) is 86.3 Å². The van der Waals surface area contributed by atoms with Gasteiger partial charge in [0.15, 0.2) is 0 Å². The van der Waals surface area contributed by atoms with Gasteiger partial charge >= 0.3 is 11.2 Å². The van der Waals surface area contributed by atoms with Gasteiger partial charge in [0.25, 0.3) is 0 Å². The maximum Gasteiger partial charge on any atom is 0.350 e. The van der Waals surface area contributed by atoms with Crippen molar-refractivity contribution >= 4 is 34.2 Å². The molecule has 0 fully saturated rings. The Morgan fingerprint density at radius 1 is 1.03 bits per heavy atom. The van der Waals surface area contributed by atoms with E-state index in [1.54, 1.807) is 6.21 Å². The number of unbranched alkanes of at least 4 members (excludes halogenated alkanes) is 3. The summed E-state index contributed by atoms with van der Waals surface area (Å²) in [6.45, 7) is 2.16. The molecule has 0 bridgehead atoms. The highest BCUT2D eigenvalue weighted by Gasteiger charge is 2.13. The molecule has 0 aliphatic heterocycles. The summed E-state index contributed by atoms with van der Waals surface area (Å²) in [4.78, 5) is 31.2. The lowest BCUT2D eigenvalue weighted by Gasteiger charge is -2.04. The van der Waals surface area contributed by atoms with E-state index in [1.165, 1.54) is 18.2 Å². The molecule has 0 radical (unpaired) electrons. The first kappa shape index (κ1) is 21.5. The molecule has 0 amide bonds. The highest BCUT2D eigenvalue weighted by Crippen LogP contribution is 2.21. The fourth-order valence-corrected chi connectivity index (χ4v) is 3.74. The van der Waals surface area contributed by atoms with Gasteiger partial charge in [-0.05, 0) is 42.2 Å². The van der Waals surface area contributed by atoms with Crippen molar-refractivity contribution in [2.75, 3.05) is 0 Å². The van der Waals surface area contributed by atoms with Gasteiger partial charge in [-0.3, -0.25) is 4.79 Å². The van der Waals surface area contributed by atoms with E-state index >= 15 is 0 Å². The van der Waals surface area contributed by atoms with Gasteiger partial charge in [-0.2, -0.15) is 5.10 Å². The number of halogens is 1. The number of fused-ring (bicyclic) bond motifs is 3. The van der Waals surface area contributed by atoms with E-state index in [1.807, 2.05) is 36.4 Å². The van der Waals surface area contributed by atoms with Crippen LogP contribution in [-0.2, 0) is 0 Å². The zero-order valence-corrected chi connectivity index (χ0v) is 17.9. The predicted octanol–water partition coefficient (Wildman–Crippen LogP) is 5.20. The number of aromatic amines is 2. The Morgan fingerprint density at radius 2 is 1.84 bits per heavy atom. The zero-order valence-electron chi connectivity index (χ0n) is 17.9. The van der Waals surface area contributed by atoms with Crippen LogP contribution in [0, 0.1) is 5.82 Å². The first-order chi connectivity index (χ1) is 15.6. The number of nitrogens with zero attached hydrogens (tertiary/aromatic N) is 2. The van der Waals surface area contributed by atoms with Crippen molar-refractivity contribution < 1.29 is 4.39 Å². The number of nitrogens with one attached hydrogen (secondary N) is 2. The van der Waals surface area contributed by atoms with Gasteiger partial charge < -0.3 is 9.97 Å². The van der Waals surface area contributed by atoms with Gasteiger partial charge in [0.1, 0.15) is 11.3 Å². The molecule has 0 saturated heterocycles. The molecule has 7 heteroatoms. The third-order valence-corrected chi connectivity index (χ3v) is 5.40. The standard InChI is InChI=1S/C25H25FN4O2/c1-2-3-4-6-11-18(14-17-9-7-5-8-10-17)16-27-30-24(31)23-22(29-25(30)32)20-15-19(26)12-13-21(20)28-23/h5,7-10,12-16,28H,2-4,6,11H2,1H3,(H,29,32)/b18-14+,27-16-. The molecule has 164 valence electrons. The maximum atomic E-state index is 13.6. The van der Waals surface area contributed by atoms with Gasteiger partial charge in [0.2, 0.25) is 0 Å². The SMILES string of the molecule is CCCCCCC(/C=N\n1c(=O)[nH]c2c([nH]c3ccc(F)cc32)c1=O)=C\c1ccccc1. The number of aromatic nitrogens is 3. The lowest BCUT2D eigenvalue weighted by atomic mass is 10.0. The summed E-state index contributed by atoms with van der Waals surface area (Å²) >= 11 is 0. The Labute approximate surface area is 184 Å². The largest absolute Gasteiger partial charge is 0.350 e.